The predicted molar refractivity (Wildman–Crippen MR) is 75.3 cm³/mol. The Balaban J connectivity index is 2.34. The summed E-state index contributed by atoms with van der Waals surface area (Å²) in [7, 11) is 0. The lowest BCUT2D eigenvalue weighted by Crippen LogP contribution is -2.07. The van der Waals surface area contributed by atoms with Gasteiger partial charge >= 0.3 is 5.97 Å². The van der Waals surface area contributed by atoms with Gasteiger partial charge in [0, 0.05) is 0 Å². The van der Waals surface area contributed by atoms with Crippen molar-refractivity contribution in [2.75, 3.05) is 6.61 Å². The van der Waals surface area contributed by atoms with Crippen molar-refractivity contribution in [1.82, 2.24) is 0 Å². The first-order chi connectivity index (χ1) is 8.79. The molecular weight excluding hydrogens is 224 g/mol. The van der Waals surface area contributed by atoms with Crippen LogP contribution < -0.4 is 0 Å². The van der Waals surface area contributed by atoms with Crippen molar-refractivity contribution in [2.45, 2.75) is 58.3 Å². The molecule has 1 atom stereocenters. The van der Waals surface area contributed by atoms with E-state index in [0.717, 1.165) is 19.3 Å². The second kappa shape index (κ2) is 9.93. The van der Waals surface area contributed by atoms with Gasteiger partial charge < -0.3 is 4.74 Å². The average molecular weight is 250 g/mol. The molecule has 0 saturated heterocycles. The van der Waals surface area contributed by atoms with Crippen LogP contribution in [0.3, 0.4) is 0 Å². The van der Waals surface area contributed by atoms with Gasteiger partial charge in [0.05, 0.1) is 13.0 Å². The number of cyclic esters (lactones) is 1. The predicted octanol–water partition coefficient (Wildman–Crippen LogP) is 4.41. The van der Waals surface area contributed by atoms with Crippen LogP contribution in [0.2, 0.25) is 0 Å². The lowest BCUT2D eigenvalue weighted by Gasteiger charge is -2.10. The summed E-state index contributed by atoms with van der Waals surface area (Å²) >= 11 is 0. The van der Waals surface area contributed by atoms with Gasteiger partial charge in [0.1, 0.15) is 0 Å². The first-order valence-electron chi connectivity index (χ1n) is 7.24. The second-order valence-corrected chi connectivity index (χ2v) is 5.12. The Morgan fingerprint density at radius 1 is 1.00 bits per heavy atom. The third-order valence-corrected chi connectivity index (χ3v) is 3.30. The third kappa shape index (κ3) is 8.10. The van der Waals surface area contributed by atoms with Crippen LogP contribution in [0.4, 0.5) is 0 Å². The zero-order valence-electron chi connectivity index (χ0n) is 11.6. The first kappa shape index (κ1) is 15.0. The van der Waals surface area contributed by atoms with E-state index in [1.54, 1.807) is 0 Å². The highest BCUT2D eigenvalue weighted by Crippen LogP contribution is 2.13. The molecule has 0 aromatic rings. The maximum absolute atomic E-state index is 11.4. The van der Waals surface area contributed by atoms with Crippen LogP contribution in [0, 0.1) is 5.92 Å². The molecule has 0 amide bonds. The van der Waals surface area contributed by atoms with Gasteiger partial charge in [-0.2, -0.15) is 0 Å². The van der Waals surface area contributed by atoms with E-state index in [9.17, 15) is 4.79 Å². The minimum absolute atomic E-state index is 0.0922. The number of carbonyl (C=O) groups is 1. The molecule has 0 aromatic heterocycles. The van der Waals surface area contributed by atoms with Crippen LogP contribution in [0.5, 0.6) is 0 Å². The molecular formula is C16H26O2. The fourth-order valence-electron chi connectivity index (χ4n) is 2.05. The number of hydrogen-bond acceptors (Lipinski definition) is 2. The van der Waals surface area contributed by atoms with E-state index in [1.807, 2.05) is 6.08 Å². The molecule has 0 bridgehead atoms. The summed E-state index contributed by atoms with van der Waals surface area (Å²) in [6, 6.07) is 0. The van der Waals surface area contributed by atoms with Gasteiger partial charge in [-0.15, -0.1) is 0 Å². The Morgan fingerprint density at radius 2 is 1.67 bits per heavy atom. The molecule has 1 aliphatic heterocycles. The standard InChI is InChI=1S/C16H26O2/c1-15-11-9-7-5-3-2-4-6-8-10-12-16(17)18-14-13-15/h3,5,8,10,15H,2,4,6-7,9,11-14H2,1H3. The zero-order valence-corrected chi connectivity index (χ0v) is 11.6. The number of rotatable bonds is 0. The second-order valence-electron chi connectivity index (χ2n) is 5.12. The molecule has 0 aliphatic carbocycles. The van der Waals surface area contributed by atoms with E-state index < -0.39 is 0 Å². The van der Waals surface area contributed by atoms with E-state index in [0.29, 0.717) is 18.9 Å². The molecule has 0 fully saturated rings. The summed E-state index contributed by atoms with van der Waals surface area (Å²) in [5.74, 6) is 0.556. The van der Waals surface area contributed by atoms with Gasteiger partial charge in [0.15, 0.2) is 0 Å². The van der Waals surface area contributed by atoms with E-state index in [1.165, 1.54) is 25.7 Å². The zero-order chi connectivity index (χ0) is 13.1. The summed E-state index contributed by atoms with van der Waals surface area (Å²) in [5, 5.41) is 0. The van der Waals surface area contributed by atoms with Crippen LogP contribution in [-0.4, -0.2) is 12.6 Å². The monoisotopic (exact) mass is 250 g/mol. The number of esters is 1. The summed E-state index contributed by atoms with van der Waals surface area (Å²) < 4.78 is 5.21. The molecule has 0 spiro atoms. The summed E-state index contributed by atoms with van der Waals surface area (Å²) in [6.45, 7) is 2.81. The highest BCUT2D eigenvalue weighted by molar-refractivity contribution is 5.71. The van der Waals surface area contributed by atoms with E-state index in [2.05, 4.69) is 25.2 Å². The minimum Gasteiger partial charge on any atom is -0.465 e. The Labute approximate surface area is 111 Å². The van der Waals surface area contributed by atoms with E-state index in [-0.39, 0.29) is 5.97 Å². The van der Waals surface area contributed by atoms with Crippen LogP contribution in [0.15, 0.2) is 24.3 Å². The maximum Gasteiger partial charge on any atom is 0.309 e. The Bertz CT molecular complexity index is 279. The van der Waals surface area contributed by atoms with Crippen LogP contribution in [0.1, 0.15) is 58.3 Å². The van der Waals surface area contributed by atoms with Crippen molar-refractivity contribution < 1.29 is 9.53 Å². The molecule has 2 heteroatoms. The smallest absolute Gasteiger partial charge is 0.309 e. The van der Waals surface area contributed by atoms with Gasteiger partial charge in [-0.1, -0.05) is 37.6 Å². The molecule has 1 unspecified atom stereocenters. The summed E-state index contributed by atoms with van der Waals surface area (Å²) in [4.78, 5) is 11.4. The van der Waals surface area contributed by atoms with Crippen LogP contribution >= 0.6 is 0 Å². The molecule has 1 heterocycles. The molecule has 18 heavy (non-hydrogen) atoms. The van der Waals surface area contributed by atoms with Gasteiger partial charge in [0.25, 0.3) is 0 Å². The molecule has 0 radical (unpaired) electrons. The quantitative estimate of drug-likeness (QED) is 0.470. The van der Waals surface area contributed by atoms with Crippen molar-refractivity contribution in [3.05, 3.63) is 24.3 Å². The summed E-state index contributed by atoms with van der Waals surface area (Å²) in [5.41, 5.74) is 0. The van der Waals surface area contributed by atoms with Gasteiger partial charge in [-0.05, 0) is 44.4 Å². The molecule has 102 valence electrons. The number of hydrogen-bond donors (Lipinski definition) is 0. The van der Waals surface area contributed by atoms with Crippen LogP contribution in [-0.2, 0) is 9.53 Å². The maximum atomic E-state index is 11.4. The average Bonchev–Trinajstić information content (AvgIpc) is 2.34. The molecule has 2 nitrogen and oxygen atoms in total. The van der Waals surface area contributed by atoms with Crippen molar-refractivity contribution in [3.63, 3.8) is 0 Å². The normalized spacial score (nSPS) is 24.7. The van der Waals surface area contributed by atoms with Crippen LogP contribution in [0.25, 0.3) is 0 Å². The molecule has 0 saturated carbocycles. The first-order valence-corrected chi connectivity index (χ1v) is 7.24. The van der Waals surface area contributed by atoms with Gasteiger partial charge in [-0.3, -0.25) is 4.79 Å². The van der Waals surface area contributed by atoms with Gasteiger partial charge in [-0.25, -0.2) is 0 Å². The molecule has 1 aliphatic rings. The number of ether oxygens (including phenoxy) is 1. The lowest BCUT2D eigenvalue weighted by molar-refractivity contribution is -0.142. The SMILES string of the molecule is CC1CCCC=CCCCC=CCC(=O)OCC1. The van der Waals surface area contributed by atoms with Crippen molar-refractivity contribution in [1.29, 1.82) is 0 Å². The van der Waals surface area contributed by atoms with E-state index in [4.69, 9.17) is 4.74 Å². The minimum atomic E-state index is -0.0922. The van der Waals surface area contributed by atoms with Crippen molar-refractivity contribution in [3.8, 4) is 0 Å². The fraction of sp³-hybridized carbons (Fsp3) is 0.688. The van der Waals surface area contributed by atoms with Gasteiger partial charge in [0.2, 0.25) is 0 Å². The molecule has 0 aromatic carbocycles. The molecule has 1 rings (SSSR count). The number of allylic oxidation sites excluding steroid dienone is 3. The Kier molecular flexibility index (Phi) is 8.28. The third-order valence-electron chi connectivity index (χ3n) is 3.30. The largest absolute Gasteiger partial charge is 0.465 e. The van der Waals surface area contributed by atoms with Crippen molar-refractivity contribution >= 4 is 5.97 Å². The summed E-state index contributed by atoms with van der Waals surface area (Å²) in [6.07, 6.45) is 17.0. The highest BCUT2D eigenvalue weighted by Gasteiger charge is 2.04. The van der Waals surface area contributed by atoms with Crippen molar-refractivity contribution in [2.24, 2.45) is 5.92 Å². The Hall–Kier alpha value is -1.05. The van der Waals surface area contributed by atoms with E-state index >= 15 is 0 Å². The topological polar surface area (TPSA) is 26.3 Å². The number of carbonyl (C=O) groups excluding carboxylic acids is 1. The fourth-order valence-corrected chi connectivity index (χ4v) is 2.05. The lowest BCUT2D eigenvalue weighted by atomic mass is 10.0. The highest BCUT2D eigenvalue weighted by atomic mass is 16.5. The molecule has 0 N–H and O–H groups in total. The Morgan fingerprint density at radius 3 is 2.44 bits per heavy atom.